The Morgan fingerprint density at radius 3 is 1.86 bits per heavy atom. The molecule has 302 valence electrons. The van der Waals surface area contributed by atoms with Crippen LogP contribution >= 0.6 is 23.2 Å². The van der Waals surface area contributed by atoms with Crippen molar-refractivity contribution in [2.75, 3.05) is 30.3 Å². The van der Waals surface area contributed by atoms with Gasteiger partial charge in [-0.1, -0.05) is 47.5 Å². The Bertz CT molecular complexity index is 2430. The second-order valence-electron chi connectivity index (χ2n) is 16.6. The average Bonchev–Trinajstić information content (AvgIpc) is 4.06. The second kappa shape index (κ2) is 15.0. The Morgan fingerprint density at radius 1 is 0.793 bits per heavy atom. The number of carbonyl (C=O) groups excluding carboxylic acids is 2. The van der Waals surface area contributed by atoms with E-state index in [9.17, 15) is 19.5 Å². The summed E-state index contributed by atoms with van der Waals surface area (Å²) in [7, 11) is 3.73. The van der Waals surface area contributed by atoms with Crippen molar-refractivity contribution >= 4 is 52.4 Å². The molecule has 5 heterocycles. The van der Waals surface area contributed by atoms with Crippen LogP contribution in [0.15, 0.2) is 48.7 Å². The van der Waals surface area contributed by atoms with Crippen molar-refractivity contribution in [1.29, 1.82) is 0 Å². The van der Waals surface area contributed by atoms with Crippen LogP contribution < -0.4 is 10.6 Å². The molecule has 0 spiro atoms. The van der Waals surface area contributed by atoms with Crippen molar-refractivity contribution in [2.24, 2.45) is 24.9 Å². The molecule has 14 nitrogen and oxygen atoms in total. The Morgan fingerprint density at radius 2 is 1.34 bits per heavy atom. The number of carboxylic acids is 1. The number of fused-ring (bicyclic) bond motifs is 4. The summed E-state index contributed by atoms with van der Waals surface area (Å²) in [5.74, 6) is -0.785. The number of benzene rings is 2. The summed E-state index contributed by atoms with van der Waals surface area (Å²) in [6.07, 6.45) is 8.62. The van der Waals surface area contributed by atoms with Gasteiger partial charge in [0.05, 0.1) is 38.2 Å². The van der Waals surface area contributed by atoms with Crippen LogP contribution in [-0.4, -0.2) is 81.6 Å². The number of aliphatic carboxylic acids is 1. The van der Waals surface area contributed by atoms with Gasteiger partial charge in [0.2, 0.25) is 0 Å². The van der Waals surface area contributed by atoms with Gasteiger partial charge in [0.1, 0.15) is 0 Å². The fourth-order valence-corrected chi connectivity index (χ4v) is 10.4. The van der Waals surface area contributed by atoms with Crippen molar-refractivity contribution in [3.8, 4) is 11.1 Å². The third-order valence-corrected chi connectivity index (χ3v) is 14.0. The van der Waals surface area contributed by atoms with Crippen LogP contribution in [0, 0.1) is 10.8 Å². The minimum Gasteiger partial charge on any atom is -0.481 e. The minimum absolute atomic E-state index is 0.131. The molecule has 0 saturated heterocycles. The lowest BCUT2D eigenvalue weighted by Crippen LogP contribution is -2.34. The van der Waals surface area contributed by atoms with Gasteiger partial charge >= 0.3 is 5.97 Å². The normalized spacial score (nSPS) is 21.5. The molecule has 4 aliphatic rings. The van der Waals surface area contributed by atoms with E-state index in [1.807, 2.05) is 41.4 Å². The number of amides is 2. The predicted molar refractivity (Wildman–Crippen MR) is 220 cm³/mol. The smallest absolute Gasteiger partial charge is 0.309 e. The number of anilines is 2. The monoisotopic (exact) mass is 824 g/mol. The molecule has 0 unspecified atom stereocenters. The zero-order chi connectivity index (χ0) is 40.3. The number of nitrogens with one attached hydrogen (secondary N) is 3. The fourth-order valence-electron chi connectivity index (χ4n) is 9.89. The van der Waals surface area contributed by atoms with Crippen molar-refractivity contribution in [1.82, 2.24) is 39.1 Å². The summed E-state index contributed by atoms with van der Waals surface area (Å²) in [5, 5.41) is 23.4. The lowest BCUT2D eigenvalue weighted by Gasteiger charge is -2.32. The van der Waals surface area contributed by atoms with Crippen LogP contribution in [-0.2, 0) is 51.4 Å². The maximum atomic E-state index is 13.8. The molecule has 0 atom stereocenters. The standard InChI is InChI=1S/C42H46Cl2N10O4/c1-51-32-10-18-53(20-16-41-12-14-42(24-41,15-13-41)40(57)58)22-30(32)46-36(51)38(55)48-28-7-3-5-26(34(28)43)27-6-4-8-29(35(27)44)49-39(56)37-47-31-23-54(19-11-33(31)52(37)2)21-25-9-17-45-50-25/h3-9,17H,10-16,18-24H2,1-2H3,(H,45,50)(H,48,55)(H,49,56)(H,57,58). The number of aromatic nitrogens is 6. The van der Waals surface area contributed by atoms with Gasteiger partial charge < -0.3 is 24.9 Å². The van der Waals surface area contributed by atoms with Crippen LogP contribution in [0.4, 0.5) is 11.4 Å². The Hall–Kier alpha value is -5.02. The molecule has 58 heavy (non-hydrogen) atoms. The van der Waals surface area contributed by atoms with Gasteiger partial charge in [0.25, 0.3) is 11.8 Å². The lowest BCUT2D eigenvalue weighted by molar-refractivity contribution is -0.148. The number of rotatable bonds is 11. The van der Waals surface area contributed by atoms with E-state index in [-0.39, 0.29) is 17.2 Å². The molecule has 2 aromatic carbocycles. The second-order valence-corrected chi connectivity index (χ2v) is 17.4. The number of hydrogen-bond acceptors (Lipinski definition) is 8. The SMILES string of the molecule is Cn1c(C(=O)Nc2cccc(-c3cccc(NC(=O)c4nc5c(n4C)CCN(Cc4ccn[nH]4)C5)c3Cl)c2Cl)nc2c1CCN(CCC13CCC(C(=O)O)(CC1)C3)C2. The molecule has 2 aliphatic carbocycles. The molecule has 2 bridgehead atoms. The van der Waals surface area contributed by atoms with Gasteiger partial charge in [-0.15, -0.1) is 0 Å². The molecule has 2 saturated carbocycles. The number of H-pyrrole nitrogens is 1. The molecule has 3 aromatic heterocycles. The largest absolute Gasteiger partial charge is 0.481 e. The third-order valence-electron chi connectivity index (χ3n) is 13.2. The summed E-state index contributed by atoms with van der Waals surface area (Å²) in [5.41, 5.74) is 6.45. The molecular weight excluding hydrogens is 779 g/mol. The molecule has 5 aromatic rings. The summed E-state index contributed by atoms with van der Waals surface area (Å²) >= 11 is 14.0. The Labute approximate surface area is 345 Å². The van der Waals surface area contributed by atoms with Crippen molar-refractivity contribution in [3.05, 3.63) is 98.8 Å². The van der Waals surface area contributed by atoms with Gasteiger partial charge in [-0.2, -0.15) is 5.10 Å². The number of imidazole rings is 2. The van der Waals surface area contributed by atoms with E-state index in [1.54, 1.807) is 30.5 Å². The maximum Gasteiger partial charge on any atom is 0.309 e. The summed E-state index contributed by atoms with van der Waals surface area (Å²) in [4.78, 5) is 53.6. The molecule has 4 N–H and O–H groups in total. The Kier molecular flexibility index (Phi) is 9.94. The maximum absolute atomic E-state index is 13.8. The minimum atomic E-state index is -0.629. The van der Waals surface area contributed by atoms with Gasteiger partial charge in [0.15, 0.2) is 11.6 Å². The number of nitrogens with zero attached hydrogens (tertiary/aromatic N) is 7. The van der Waals surface area contributed by atoms with Crippen LogP contribution in [0.5, 0.6) is 0 Å². The molecule has 0 radical (unpaired) electrons. The third kappa shape index (κ3) is 6.89. The summed E-state index contributed by atoms with van der Waals surface area (Å²) in [6.45, 7) is 4.57. The highest BCUT2D eigenvalue weighted by atomic mass is 35.5. The first-order chi connectivity index (χ1) is 27.9. The highest BCUT2D eigenvalue weighted by Crippen LogP contribution is 2.63. The van der Waals surface area contributed by atoms with Crippen LogP contribution in [0.1, 0.15) is 88.2 Å². The summed E-state index contributed by atoms with van der Waals surface area (Å²) < 4.78 is 3.72. The van der Waals surface area contributed by atoms with Crippen molar-refractivity contribution in [2.45, 2.75) is 71.0 Å². The number of halogens is 2. The highest BCUT2D eigenvalue weighted by Gasteiger charge is 2.57. The lowest BCUT2D eigenvalue weighted by atomic mass is 9.80. The van der Waals surface area contributed by atoms with E-state index in [2.05, 4.69) is 30.6 Å². The van der Waals surface area contributed by atoms with E-state index in [4.69, 9.17) is 33.2 Å². The van der Waals surface area contributed by atoms with Crippen molar-refractivity contribution in [3.63, 3.8) is 0 Å². The molecule has 2 aliphatic heterocycles. The first kappa shape index (κ1) is 38.5. The first-order valence-electron chi connectivity index (χ1n) is 19.9. The predicted octanol–water partition coefficient (Wildman–Crippen LogP) is 6.70. The quantitative estimate of drug-likeness (QED) is 0.113. The fraction of sp³-hybridized carbons (Fsp3) is 0.429. The molecule has 2 amide bonds. The molecule has 9 rings (SSSR count). The van der Waals surface area contributed by atoms with E-state index in [1.165, 1.54) is 0 Å². The highest BCUT2D eigenvalue weighted by molar-refractivity contribution is 6.40. The van der Waals surface area contributed by atoms with Gasteiger partial charge in [0, 0.05) is 94.1 Å². The average molecular weight is 826 g/mol. The molecule has 2 fully saturated rings. The zero-order valence-electron chi connectivity index (χ0n) is 32.6. The van der Waals surface area contributed by atoms with E-state index < -0.39 is 11.4 Å². The zero-order valence-corrected chi connectivity index (χ0v) is 34.1. The van der Waals surface area contributed by atoms with E-state index >= 15 is 0 Å². The Balaban J connectivity index is 0.863. The van der Waals surface area contributed by atoms with E-state index in [0.717, 1.165) is 106 Å². The number of carbonyl (C=O) groups is 3. The first-order valence-corrected chi connectivity index (χ1v) is 20.6. The van der Waals surface area contributed by atoms with Crippen molar-refractivity contribution < 1.29 is 19.5 Å². The molecular formula is C42H46Cl2N10O4. The van der Waals surface area contributed by atoms with Gasteiger partial charge in [-0.05, 0) is 68.7 Å². The van der Waals surface area contributed by atoms with E-state index in [0.29, 0.717) is 57.3 Å². The number of aromatic amines is 1. The number of hydrogen-bond donors (Lipinski definition) is 4. The number of carboxylic acid groups (broad SMARTS) is 1. The van der Waals surface area contributed by atoms with Gasteiger partial charge in [-0.25, -0.2) is 9.97 Å². The van der Waals surface area contributed by atoms with Gasteiger partial charge in [-0.3, -0.25) is 29.3 Å². The van der Waals surface area contributed by atoms with Crippen LogP contribution in [0.2, 0.25) is 10.0 Å². The van der Waals surface area contributed by atoms with Crippen LogP contribution in [0.3, 0.4) is 0 Å². The summed E-state index contributed by atoms with van der Waals surface area (Å²) in [6, 6.07) is 12.6. The van der Waals surface area contributed by atoms with Crippen LogP contribution in [0.25, 0.3) is 11.1 Å². The topological polar surface area (TPSA) is 166 Å². The molecule has 16 heteroatoms.